The van der Waals surface area contributed by atoms with Crippen LogP contribution in [0.4, 0.5) is 5.69 Å². The van der Waals surface area contributed by atoms with E-state index in [0.29, 0.717) is 11.7 Å². The van der Waals surface area contributed by atoms with Crippen LogP contribution in [0, 0.1) is 0 Å². The van der Waals surface area contributed by atoms with Gasteiger partial charge in [0.25, 0.3) is 5.91 Å². The van der Waals surface area contributed by atoms with E-state index in [1.54, 1.807) is 0 Å². The molecule has 1 saturated carbocycles. The summed E-state index contributed by atoms with van der Waals surface area (Å²) in [4.78, 5) is 21.7. The van der Waals surface area contributed by atoms with Gasteiger partial charge >= 0.3 is 0 Å². The van der Waals surface area contributed by atoms with Crippen LogP contribution in [0.3, 0.4) is 0 Å². The standard InChI is InChI=1S/C23H30N4O/c28-23(25-20-9-5-2-6-10-20)22-12-11-21(17-24-22)27-15-13-26(14-16-27)18-19-7-3-1-4-8-19/h1,3-4,7-8,11-12,17,20H,2,5-6,9-10,13-16,18H2,(H,25,28). The van der Waals surface area contributed by atoms with Crippen LogP contribution in [0.5, 0.6) is 0 Å². The van der Waals surface area contributed by atoms with Gasteiger partial charge in [0.15, 0.2) is 0 Å². The zero-order valence-electron chi connectivity index (χ0n) is 16.5. The highest BCUT2D eigenvalue weighted by Crippen LogP contribution is 2.19. The smallest absolute Gasteiger partial charge is 0.270 e. The number of benzene rings is 1. The average molecular weight is 379 g/mol. The van der Waals surface area contributed by atoms with Gasteiger partial charge in [-0.2, -0.15) is 0 Å². The Bertz CT molecular complexity index is 748. The molecule has 1 aromatic heterocycles. The zero-order valence-corrected chi connectivity index (χ0v) is 16.5. The molecule has 0 bridgehead atoms. The molecule has 0 radical (unpaired) electrons. The predicted octanol–water partition coefficient (Wildman–Crippen LogP) is 3.47. The monoisotopic (exact) mass is 378 g/mol. The summed E-state index contributed by atoms with van der Waals surface area (Å²) in [7, 11) is 0. The Labute approximate surface area is 167 Å². The average Bonchev–Trinajstić information content (AvgIpc) is 2.76. The van der Waals surface area contributed by atoms with E-state index in [1.165, 1.54) is 24.8 Å². The Morgan fingerprint density at radius 2 is 1.71 bits per heavy atom. The molecule has 2 aliphatic rings. The summed E-state index contributed by atoms with van der Waals surface area (Å²) >= 11 is 0. The van der Waals surface area contributed by atoms with Crippen molar-refractivity contribution in [3.8, 4) is 0 Å². The molecule has 2 fully saturated rings. The van der Waals surface area contributed by atoms with Gasteiger partial charge in [-0.3, -0.25) is 9.69 Å². The number of piperazine rings is 1. The molecule has 1 aliphatic heterocycles. The minimum Gasteiger partial charge on any atom is -0.368 e. The second-order valence-electron chi connectivity index (χ2n) is 7.96. The van der Waals surface area contributed by atoms with Crippen LogP contribution in [0.2, 0.25) is 0 Å². The minimum absolute atomic E-state index is 0.0360. The second kappa shape index (κ2) is 9.20. The van der Waals surface area contributed by atoms with Crippen LogP contribution < -0.4 is 10.2 Å². The number of pyridine rings is 1. The van der Waals surface area contributed by atoms with E-state index in [2.05, 4.69) is 50.4 Å². The number of nitrogens with one attached hydrogen (secondary N) is 1. The van der Waals surface area contributed by atoms with Crippen molar-refractivity contribution in [3.05, 3.63) is 59.9 Å². The van der Waals surface area contributed by atoms with E-state index in [9.17, 15) is 4.79 Å². The summed E-state index contributed by atoms with van der Waals surface area (Å²) in [5.74, 6) is -0.0360. The fourth-order valence-corrected chi connectivity index (χ4v) is 4.22. The molecule has 2 heterocycles. The van der Waals surface area contributed by atoms with Gasteiger partial charge < -0.3 is 10.2 Å². The largest absolute Gasteiger partial charge is 0.368 e. The van der Waals surface area contributed by atoms with E-state index < -0.39 is 0 Å². The maximum atomic E-state index is 12.4. The number of carbonyl (C=O) groups is 1. The Morgan fingerprint density at radius 1 is 0.964 bits per heavy atom. The number of nitrogens with zero attached hydrogens (tertiary/aromatic N) is 3. The highest BCUT2D eigenvalue weighted by atomic mass is 16.1. The lowest BCUT2D eigenvalue weighted by atomic mass is 9.95. The lowest BCUT2D eigenvalue weighted by Crippen LogP contribution is -2.46. The number of hydrogen-bond donors (Lipinski definition) is 1. The fourth-order valence-electron chi connectivity index (χ4n) is 4.22. The number of rotatable bonds is 5. The first-order chi connectivity index (χ1) is 13.8. The van der Waals surface area contributed by atoms with E-state index in [0.717, 1.165) is 51.3 Å². The van der Waals surface area contributed by atoms with E-state index in [4.69, 9.17) is 0 Å². The van der Waals surface area contributed by atoms with E-state index in [-0.39, 0.29) is 5.91 Å². The molecule has 5 heteroatoms. The molecule has 28 heavy (non-hydrogen) atoms. The van der Waals surface area contributed by atoms with Crippen LogP contribution in [-0.2, 0) is 6.54 Å². The molecular weight excluding hydrogens is 348 g/mol. The topological polar surface area (TPSA) is 48.5 Å². The first-order valence-electron chi connectivity index (χ1n) is 10.6. The molecule has 5 nitrogen and oxygen atoms in total. The van der Waals surface area contributed by atoms with Gasteiger partial charge in [0.2, 0.25) is 0 Å². The number of amides is 1. The number of hydrogen-bond acceptors (Lipinski definition) is 4. The Morgan fingerprint density at radius 3 is 2.39 bits per heavy atom. The third-order valence-corrected chi connectivity index (χ3v) is 5.91. The van der Waals surface area contributed by atoms with Gasteiger partial charge in [0, 0.05) is 38.8 Å². The molecule has 1 aromatic carbocycles. The molecular formula is C23H30N4O. The normalized spacial score (nSPS) is 18.8. The van der Waals surface area contributed by atoms with Gasteiger partial charge in [-0.15, -0.1) is 0 Å². The van der Waals surface area contributed by atoms with Crippen molar-refractivity contribution >= 4 is 11.6 Å². The minimum atomic E-state index is -0.0360. The maximum Gasteiger partial charge on any atom is 0.270 e. The maximum absolute atomic E-state index is 12.4. The lowest BCUT2D eigenvalue weighted by molar-refractivity contribution is 0.0922. The summed E-state index contributed by atoms with van der Waals surface area (Å²) in [5, 5.41) is 3.14. The molecule has 0 atom stereocenters. The van der Waals surface area contributed by atoms with Crippen molar-refractivity contribution in [3.63, 3.8) is 0 Å². The number of anilines is 1. The predicted molar refractivity (Wildman–Crippen MR) is 113 cm³/mol. The number of carbonyl (C=O) groups excluding carboxylic acids is 1. The Kier molecular flexibility index (Phi) is 6.22. The molecule has 1 saturated heterocycles. The Balaban J connectivity index is 1.28. The quantitative estimate of drug-likeness (QED) is 0.866. The third kappa shape index (κ3) is 4.90. The van der Waals surface area contributed by atoms with Crippen LogP contribution in [-0.4, -0.2) is 48.0 Å². The van der Waals surface area contributed by atoms with Crippen LogP contribution in [0.15, 0.2) is 48.7 Å². The number of aromatic nitrogens is 1. The highest BCUT2D eigenvalue weighted by Gasteiger charge is 2.20. The summed E-state index contributed by atoms with van der Waals surface area (Å²) in [5.41, 5.74) is 3.00. The van der Waals surface area contributed by atoms with Crippen LogP contribution >= 0.6 is 0 Å². The second-order valence-corrected chi connectivity index (χ2v) is 7.96. The van der Waals surface area contributed by atoms with E-state index >= 15 is 0 Å². The van der Waals surface area contributed by atoms with E-state index in [1.807, 2.05) is 18.3 Å². The van der Waals surface area contributed by atoms with Crippen molar-refractivity contribution in [1.29, 1.82) is 0 Å². The van der Waals surface area contributed by atoms with Gasteiger partial charge in [0.1, 0.15) is 5.69 Å². The van der Waals surface area contributed by atoms with Gasteiger partial charge in [-0.1, -0.05) is 49.6 Å². The third-order valence-electron chi connectivity index (χ3n) is 5.91. The first kappa shape index (κ1) is 18.9. The van der Waals surface area contributed by atoms with Gasteiger partial charge in [0.05, 0.1) is 11.9 Å². The summed E-state index contributed by atoms with van der Waals surface area (Å²) in [6, 6.07) is 14.9. The van der Waals surface area contributed by atoms with Crippen LogP contribution in [0.1, 0.15) is 48.2 Å². The van der Waals surface area contributed by atoms with Gasteiger partial charge in [-0.25, -0.2) is 4.98 Å². The summed E-state index contributed by atoms with van der Waals surface area (Å²) < 4.78 is 0. The molecule has 1 amide bonds. The molecule has 0 spiro atoms. The molecule has 148 valence electrons. The summed E-state index contributed by atoms with van der Waals surface area (Å²) in [6.07, 6.45) is 7.76. The molecule has 1 aliphatic carbocycles. The first-order valence-corrected chi connectivity index (χ1v) is 10.6. The van der Waals surface area contributed by atoms with Crippen molar-refractivity contribution in [2.45, 2.75) is 44.7 Å². The lowest BCUT2D eigenvalue weighted by Gasteiger charge is -2.36. The highest BCUT2D eigenvalue weighted by molar-refractivity contribution is 5.92. The molecule has 2 aromatic rings. The van der Waals surface area contributed by atoms with Crippen molar-refractivity contribution in [2.75, 3.05) is 31.1 Å². The van der Waals surface area contributed by atoms with Crippen LogP contribution in [0.25, 0.3) is 0 Å². The van der Waals surface area contributed by atoms with Crippen molar-refractivity contribution in [2.24, 2.45) is 0 Å². The molecule has 0 unspecified atom stereocenters. The molecule has 1 N–H and O–H groups in total. The summed E-state index contributed by atoms with van der Waals surface area (Å²) in [6.45, 7) is 5.06. The van der Waals surface area contributed by atoms with Crippen molar-refractivity contribution in [1.82, 2.24) is 15.2 Å². The van der Waals surface area contributed by atoms with Crippen molar-refractivity contribution < 1.29 is 4.79 Å². The fraction of sp³-hybridized carbons (Fsp3) is 0.478. The SMILES string of the molecule is O=C(NC1CCCCC1)c1ccc(N2CCN(Cc3ccccc3)CC2)cn1. The molecule has 4 rings (SSSR count). The Hall–Kier alpha value is -2.40. The van der Waals surface area contributed by atoms with Gasteiger partial charge in [-0.05, 0) is 30.5 Å². The zero-order chi connectivity index (χ0) is 19.2.